The molecule has 1 aliphatic carbocycles. The van der Waals surface area contributed by atoms with Gasteiger partial charge in [-0.3, -0.25) is 4.79 Å². The van der Waals surface area contributed by atoms with Crippen molar-refractivity contribution in [2.75, 3.05) is 6.54 Å². The zero-order valence-electron chi connectivity index (χ0n) is 10.9. The molecule has 0 heterocycles. The van der Waals surface area contributed by atoms with Gasteiger partial charge in [0.1, 0.15) is 5.82 Å². The Kier molecular flexibility index (Phi) is 4.68. The lowest BCUT2D eigenvalue weighted by Gasteiger charge is -2.07. The zero-order valence-corrected chi connectivity index (χ0v) is 10.9. The van der Waals surface area contributed by atoms with Crippen LogP contribution in [0, 0.1) is 5.82 Å². The standard InChI is InChI=1S/C15H19FN2O/c16-14-9-12(15(17)19)5-6-13(14)10-18-8-7-11-3-1-2-4-11/h3,5-6,9,18H,1-2,4,7-8,10H2,(H2,17,19). The Morgan fingerprint density at radius 2 is 2.26 bits per heavy atom. The maximum atomic E-state index is 13.7. The van der Waals surface area contributed by atoms with Crippen molar-refractivity contribution in [2.24, 2.45) is 5.73 Å². The predicted octanol–water partition coefficient (Wildman–Crippen LogP) is 2.51. The van der Waals surface area contributed by atoms with Crippen molar-refractivity contribution in [2.45, 2.75) is 32.2 Å². The van der Waals surface area contributed by atoms with E-state index in [1.807, 2.05) is 0 Å². The van der Waals surface area contributed by atoms with E-state index in [1.165, 1.54) is 30.9 Å². The van der Waals surface area contributed by atoms with Gasteiger partial charge in [0.15, 0.2) is 0 Å². The molecule has 102 valence electrons. The van der Waals surface area contributed by atoms with E-state index >= 15 is 0 Å². The fraction of sp³-hybridized carbons (Fsp3) is 0.400. The number of nitrogens with one attached hydrogen (secondary N) is 1. The molecule has 0 bridgehead atoms. The van der Waals surface area contributed by atoms with Gasteiger partial charge in [-0.2, -0.15) is 0 Å². The SMILES string of the molecule is NC(=O)c1ccc(CNCCC2=CCCC2)c(F)c1. The summed E-state index contributed by atoms with van der Waals surface area (Å²) in [4.78, 5) is 10.9. The number of allylic oxidation sites excluding steroid dienone is 1. The van der Waals surface area contributed by atoms with E-state index in [2.05, 4.69) is 11.4 Å². The van der Waals surface area contributed by atoms with E-state index in [-0.39, 0.29) is 11.4 Å². The highest BCUT2D eigenvalue weighted by Crippen LogP contribution is 2.19. The molecule has 1 aromatic rings. The summed E-state index contributed by atoms with van der Waals surface area (Å²) >= 11 is 0. The minimum Gasteiger partial charge on any atom is -0.366 e. The summed E-state index contributed by atoms with van der Waals surface area (Å²) < 4.78 is 13.7. The van der Waals surface area contributed by atoms with Crippen molar-refractivity contribution < 1.29 is 9.18 Å². The van der Waals surface area contributed by atoms with Crippen molar-refractivity contribution in [1.82, 2.24) is 5.32 Å². The number of benzene rings is 1. The van der Waals surface area contributed by atoms with Gasteiger partial charge < -0.3 is 11.1 Å². The topological polar surface area (TPSA) is 55.1 Å². The molecule has 1 amide bonds. The number of hydrogen-bond donors (Lipinski definition) is 2. The van der Waals surface area contributed by atoms with Crippen LogP contribution in [0.1, 0.15) is 41.6 Å². The van der Waals surface area contributed by atoms with Crippen molar-refractivity contribution in [3.8, 4) is 0 Å². The molecule has 4 heteroatoms. The number of rotatable bonds is 6. The summed E-state index contributed by atoms with van der Waals surface area (Å²) in [5.74, 6) is -0.990. The minimum atomic E-state index is -0.605. The molecule has 3 nitrogen and oxygen atoms in total. The second kappa shape index (κ2) is 6.48. The van der Waals surface area contributed by atoms with E-state index in [1.54, 1.807) is 12.1 Å². The Hall–Kier alpha value is -1.68. The molecule has 0 unspecified atom stereocenters. The second-order valence-corrected chi connectivity index (χ2v) is 4.85. The monoisotopic (exact) mass is 262 g/mol. The van der Waals surface area contributed by atoms with Crippen LogP contribution in [0.2, 0.25) is 0 Å². The average molecular weight is 262 g/mol. The molecule has 0 saturated heterocycles. The molecule has 0 spiro atoms. The van der Waals surface area contributed by atoms with Crippen LogP contribution in [0.4, 0.5) is 4.39 Å². The first-order chi connectivity index (χ1) is 9.16. The van der Waals surface area contributed by atoms with Crippen LogP contribution in [0.25, 0.3) is 0 Å². The molecule has 0 fully saturated rings. The van der Waals surface area contributed by atoms with Crippen LogP contribution in [0.5, 0.6) is 0 Å². The molecule has 1 aliphatic rings. The maximum absolute atomic E-state index is 13.7. The first kappa shape index (κ1) is 13.7. The lowest BCUT2D eigenvalue weighted by atomic mass is 10.1. The molecule has 0 aliphatic heterocycles. The summed E-state index contributed by atoms with van der Waals surface area (Å²) in [6, 6.07) is 4.36. The third-order valence-corrected chi connectivity index (χ3v) is 3.41. The smallest absolute Gasteiger partial charge is 0.248 e. The Bertz CT molecular complexity index is 497. The molecule has 2 rings (SSSR count). The quantitative estimate of drug-likeness (QED) is 0.611. The predicted molar refractivity (Wildman–Crippen MR) is 73.2 cm³/mol. The molecule has 0 aromatic heterocycles. The third-order valence-electron chi connectivity index (χ3n) is 3.41. The molecule has 19 heavy (non-hydrogen) atoms. The van der Waals surface area contributed by atoms with Gasteiger partial charge >= 0.3 is 0 Å². The van der Waals surface area contributed by atoms with Gasteiger partial charge in [0.05, 0.1) is 0 Å². The zero-order chi connectivity index (χ0) is 13.7. The Morgan fingerprint density at radius 1 is 1.42 bits per heavy atom. The van der Waals surface area contributed by atoms with Crippen molar-refractivity contribution in [3.05, 3.63) is 46.8 Å². The number of carbonyl (C=O) groups is 1. The number of hydrogen-bond acceptors (Lipinski definition) is 2. The van der Waals surface area contributed by atoms with Gasteiger partial charge in [-0.15, -0.1) is 0 Å². The highest BCUT2D eigenvalue weighted by Gasteiger charge is 2.07. The maximum Gasteiger partial charge on any atom is 0.248 e. The molecule has 0 radical (unpaired) electrons. The summed E-state index contributed by atoms with van der Waals surface area (Å²) in [5, 5.41) is 3.22. The van der Waals surface area contributed by atoms with E-state index < -0.39 is 5.91 Å². The number of primary amides is 1. The summed E-state index contributed by atoms with van der Waals surface area (Å²) in [6.07, 6.45) is 6.98. The first-order valence-electron chi connectivity index (χ1n) is 6.63. The number of nitrogens with two attached hydrogens (primary N) is 1. The lowest BCUT2D eigenvalue weighted by Crippen LogP contribution is -2.17. The van der Waals surface area contributed by atoms with Gasteiger partial charge in [-0.1, -0.05) is 17.7 Å². The number of amides is 1. The summed E-state index contributed by atoms with van der Waals surface area (Å²) in [5.41, 5.74) is 7.36. The van der Waals surface area contributed by atoms with Crippen molar-refractivity contribution >= 4 is 5.91 Å². The van der Waals surface area contributed by atoms with Crippen LogP contribution in [-0.2, 0) is 6.54 Å². The van der Waals surface area contributed by atoms with E-state index in [4.69, 9.17) is 5.73 Å². The Morgan fingerprint density at radius 3 is 2.89 bits per heavy atom. The van der Waals surface area contributed by atoms with Gasteiger partial charge in [0.2, 0.25) is 5.91 Å². The largest absolute Gasteiger partial charge is 0.366 e. The molecule has 1 aromatic carbocycles. The van der Waals surface area contributed by atoms with Gasteiger partial charge in [-0.05, 0) is 44.4 Å². The van der Waals surface area contributed by atoms with Crippen LogP contribution < -0.4 is 11.1 Å². The van der Waals surface area contributed by atoms with Crippen molar-refractivity contribution in [3.63, 3.8) is 0 Å². The summed E-state index contributed by atoms with van der Waals surface area (Å²) in [7, 11) is 0. The fourth-order valence-electron chi connectivity index (χ4n) is 2.28. The minimum absolute atomic E-state index is 0.206. The first-order valence-corrected chi connectivity index (χ1v) is 6.63. The van der Waals surface area contributed by atoms with Crippen LogP contribution in [0.15, 0.2) is 29.8 Å². The molecule has 0 atom stereocenters. The van der Waals surface area contributed by atoms with Crippen LogP contribution in [0.3, 0.4) is 0 Å². The average Bonchev–Trinajstić information content (AvgIpc) is 2.89. The van der Waals surface area contributed by atoms with E-state index in [0.717, 1.165) is 13.0 Å². The van der Waals surface area contributed by atoms with Gasteiger partial charge in [-0.25, -0.2) is 4.39 Å². The lowest BCUT2D eigenvalue weighted by molar-refractivity contribution is 0.1000. The molecular formula is C15H19FN2O. The Labute approximate surface area is 112 Å². The number of carbonyl (C=O) groups excluding carboxylic acids is 1. The third kappa shape index (κ3) is 3.89. The summed E-state index contributed by atoms with van der Waals surface area (Å²) in [6.45, 7) is 1.32. The normalized spacial score (nSPS) is 14.5. The second-order valence-electron chi connectivity index (χ2n) is 4.85. The molecule has 3 N–H and O–H groups in total. The molecular weight excluding hydrogens is 243 g/mol. The Balaban J connectivity index is 1.80. The molecule has 0 saturated carbocycles. The van der Waals surface area contributed by atoms with Crippen LogP contribution >= 0.6 is 0 Å². The van der Waals surface area contributed by atoms with Crippen LogP contribution in [-0.4, -0.2) is 12.5 Å². The fourth-order valence-corrected chi connectivity index (χ4v) is 2.28. The van der Waals surface area contributed by atoms with Crippen molar-refractivity contribution in [1.29, 1.82) is 0 Å². The highest BCUT2D eigenvalue weighted by molar-refractivity contribution is 5.92. The number of halogens is 1. The highest BCUT2D eigenvalue weighted by atomic mass is 19.1. The van der Waals surface area contributed by atoms with Gasteiger partial charge in [0, 0.05) is 17.7 Å². The van der Waals surface area contributed by atoms with E-state index in [0.29, 0.717) is 12.1 Å². The van der Waals surface area contributed by atoms with Gasteiger partial charge in [0.25, 0.3) is 0 Å². The van der Waals surface area contributed by atoms with E-state index in [9.17, 15) is 9.18 Å².